The molecule has 0 saturated carbocycles. The Bertz CT molecular complexity index is 378. The van der Waals surface area contributed by atoms with Crippen molar-refractivity contribution >= 4 is 5.69 Å². The quantitative estimate of drug-likeness (QED) is 0.696. The lowest BCUT2D eigenvalue weighted by atomic mass is 10.1. The van der Waals surface area contributed by atoms with Gasteiger partial charge in [0.2, 0.25) is 0 Å². The summed E-state index contributed by atoms with van der Waals surface area (Å²) in [6, 6.07) is 5.02. The van der Waals surface area contributed by atoms with E-state index in [1.165, 1.54) is 0 Å². The Hall–Kier alpha value is -1.13. The molecule has 4 nitrogen and oxygen atoms in total. The van der Waals surface area contributed by atoms with E-state index in [9.17, 15) is 0 Å². The van der Waals surface area contributed by atoms with Crippen LogP contribution in [0, 0.1) is 0 Å². The highest BCUT2D eigenvalue weighted by Gasteiger charge is 2.13. The molecule has 21 heavy (non-hydrogen) atoms. The Labute approximate surface area is 129 Å². The van der Waals surface area contributed by atoms with Crippen molar-refractivity contribution in [2.45, 2.75) is 59.0 Å². The predicted octanol–water partition coefficient (Wildman–Crippen LogP) is 3.13. The lowest BCUT2D eigenvalue weighted by Gasteiger charge is -2.29. The molecule has 0 fully saturated rings. The van der Waals surface area contributed by atoms with Gasteiger partial charge < -0.3 is 15.3 Å². The molecule has 0 saturated heterocycles. The Balaban J connectivity index is 2.78. The van der Waals surface area contributed by atoms with Gasteiger partial charge in [0.1, 0.15) is 0 Å². The van der Waals surface area contributed by atoms with E-state index in [-0.39, 0.29) is 6.61 Å². The number of anilines is 1. The van der Waals surface area contributed by atoms with E-state index in [1.54, 1.807) is 0 Å². The van der Waals surface area contributed by atoms with Gasteiger partial charge >= 0.3 is 0 Å². The molecule has 1 heterocycles. The molecule has 1 rings (SSSR count). The van der Waals surface area contributed by atoms with Crippen LogP contribution in [-0.2, 0) is 0 Å². The van der Waals surface area contributed by atoms with E-state index in [2.05, 4.69) is 55.0 Å². The monoisotopic (exact) mass is 293 g/mol. The Morgan fingerprint density at radius 1 is 1.29 bits per heavy atom. The van der Waals surface area contributed by atoms with Crippen LogP contribution < -0.4 is 10.2 Å². The Morgan fingerprint density at radius 3 is 2.52 bits per heavy atom. The summed E-state index contributed by atoms with van der Waals surface area (Å²) < 4.78 is 0. The minimum atomic E-state index is 0.230. The van der Waals surface area contributed by atoms with Crippen molar-refractivity contribution in [3.8, 4) is 0 Å². The van der Waals surface area contributed by atoms with Crippen LogP contribution in [0.3, 0.4) is 0 Å². The highest BCUT2D eigenvalue weighted by atomic mass is 16.3. The maximum Gasteiger partial charge on any atom is 0.0574 e. The zero-order chi connectivity index (χ0) is 15.7. The van der Waals surface area contributed by atoms with Crippen LogP contribution in [-0.4, -0.2) is 35.8 Å². The first-order chi connectivity index (χ1) is 10.1. The second-order valence-electron chi connectivity index (χ2n) is 5.72. The fourth-order valence-electron chi connectivity index (χ4n) is 2.48. The van der Waals surface area contributed by atoms with E-state index in [1.807, 2.05) is 6.20 Å². The van der Waals surface area contributed by atoms with E-state index >= 15 is 0 Å². The average Bonchev–Trinajstić information content (AvgIpc) is 2.49. The fraction of sp³-hybridized carbons (Fsp3) is 0.706. The molecule has 4 heteroatoms. The van der Waals surface area contributed by atoms with Gasteiger partial charge in [-0.1, -0.05) is 13.8 Å². The first kappa shape index (κ1) is 17.9. The summed E-state index contributed by atoms with van der Waals surface area (Å²) in [5.74, 6) is 0. The standard InChI is InChI=1S/C17H31N3O/c1-5-10-18-16(6-2)17-9-8-15(13-19-17)20(14(3)4)11-7-12-21/h8-9,13-14,16,18,21H,5-7,10-12H2,1-4H3. The minimum Gasteiger partial charge on any atom is -0.396 e. The molecular weight excluding hydrogens is 262 g/mol. The molecule has 1 atom stereocenters. The van der Waals surface area contributed by atoms with Gasteiger partial charge in [0.05, 0.1) is 17.6 Å². The Kier molecular flexibility index (Phi) is 8.31. The highest BCUT2D eigenvalue weighted by molar-refractivity contribution is 5.45. The summed E-state index contributed by atoms with van der Waals surface area (Å²) in [5.41, 5.74) is 2.24. The van der Waals surface area contributed by atoms with Crippen molar-refractivity contribution in [1.29, 1.82) is 0 Å². The number of aliphatic hydroxyl groups excluding tert-OH is 1. The fourth-order valence-corrected chi connectivity index (χ4v) is 2.48. The summed E-state index contributed by atoms with van der Waals surface area (Å²) in [4.78, 5) is 6.93. The SMILES string of the molecule is CCCNC(CC)c1ccc(N(CCCO)C(C)C)cn1. The molecule has 0 aliphatic carbocycles. The number of pyridine rings is 1. The van der Waals surface area contributed by atoms with Crippen LogP contribution in [0.4, 0.5) is 5.69 Å². The van der Waals surface area contributed by atoms with Crippen LogP contribution in [0.25, 0.3) is 0 Å². The third-order valence-corrected chi connectivity index (χ3v) is 3.69. The molecule has 0 aliphatic rings. The van der Waals surface area contributed by atoms with Crippen LogP contribution >= 0.6 is 0 Å². The summed E-state index contributed by atoms with van der Waals surface area (Å²) >= 11 is 0. The lowest BCUT2D eigenvalue weighted by molar-refractivity contribution is 0.288. The van der Waals surface area contributed by atoms with Gasteiger partial charge in [0.15, 0.2) is 0 Å². The maximum absolute atomic E-state index is 9.02. The average molecular weight is 293 g/mol. The molecule has 120 valence electrons. The smallest absolute Gasteiger partial charge is 0.0574 e. The molecule has 0 spiro atoms. The summed E-state index contributed by atoms with van der Waals surface area (Å²) in [6.07, 6.45) is 4.93. The van der Waals surface area contributed by atoms with Gasteiger partial charge in [-0.2, -0.15) is 0 Å². The molecule has 0 aliphatic heterocycles. The third-order valence-electron chi connectivity index (χ3n) is 3.69. The number of aromatic nitrogens is 1. The number of hydrogen-bond acceptors (Lipinski definition) is 4. The first-order valence-corrected chi connectivity index (χ1v) is 8.20. The topological polar surface area (TPSA) is 48.4 Å². The molecule has 0 radical (unpaired) electrons. The summed E-state index contributed by atoms with van der Waals surface area (Å²) in [5, 5.41) is 12.6. The normalized spacial score (nSPS) is 12.7. The van der Waals surface area contributed by atoms with Gasteiger partial charge in [0, 0.05) is 25.2 Å². The zero-order valence-electron chi connectivity index (χ0n) is 14.0. The first-order valence-electron chi connectivity index (χ1n) is 8.20. The molecule has 0 aromatic carbocycles. The lowest BCUT2D eigenvalue weighted by Crippen LogP contribution is -2.32. The zero-order valence-corrected chi connectivity index (χ0v) is 14.0. The van der Waals surface area contributed by atoms with Crippen LogP contribution in [0.15, 0.2) is 18.3 Å². The molecular formula is C17H31N3O. The number of hydrogen-bond donors (Lipinski definition) is 2. The second kappa shape index (κ2) is 9.74. The summed E-state index contributed by atoms with van der Waals surface area (Å²) in [7, 11) is 0. The molecule has 1 unspecified atom stereocenters. The van der Waals surface area contributed by atoms with Crippen molar-refractivity contribution in [3.05, 3.63) is 24.0 Å². The van der Waals surface area contributed by atoms with Crippen LogP contribution in [0.2, 0.25) is 0 Å². The Morgan fingerprint density at radius 2 is 2.05 bits per heavy atom. The molecule has 0 bridgehead atoms. The van der Waals surface area contributed by atoms with Crippen molar-refractivity contribution < 1.29 is 5.11 Å². The van der Waals surface area contributed by atoms with Gasteiger partial charge in [-0.15, -0.1) is 0 Å². The molecule has 1 aromatic heterocycles. The van der Waals surface area contributed by atoms with Crippen molar-refractivity contribution in [2.24, 2.45) is 0 Å². The van der Waals surface area contributed by atoms with E-state index in [0.717, 1.165) is 43.7 Å². The van der Waals surface area contributed by atoms with Crippen LogP contribution in [0.5, 0.6) is 0 Å². The van der Waals surface area contributed by atoms with E-state index in [4.69, 9.17) is 5.11 Å². The summed E-state index contributed by atoms with van der Waals surface area (Å²) in [6.45, 7) is 10.8. The van der Waals surface area contributed by atoms with Gasteiger partial charge in [-0.3, -0.25) is 4.98 Å². The molecule has 2 N–H and O–H groups in total. The largest absolute Gasteiger partial charge is 0.396 e. The van der Waals surface area contributed by atoms with Gasteiger partial charge in [-0.05, 0) is 51.8 Å². The van der Waals surface area contributed by atoms with Crippen molar-refractivity contribution in [2.75, 3.05) is 24.6 Å². The highest BCUT2D eigenvalue weighted by Crippen LogP contribution is 2.20. The van der Waals surface area contributed by atoms with Crippen molar-refractivity contribution in [3.63, 3.8) is 0 Å². The van der Waals surface area contributed by atoms with Gasteiger partial charge in [-0.25, -0.2) is 0 Å². The molecule has 0 amide bonds. The van der Waals surface area contributed by atoms with Crippen LogP contribution in [0.1, 0.15) is 58.7 Å². The number of nitrogens with zero attached hydrogens (tertiary/aromatic N) is 2. The van der Waals surface area contributed by atoms with E-state index < -0.39 is 0 Å². The minimum absolute atomic E-state index is 0.230. The number of nitrogens with one attached hydrogen (secondary N) is 1. The molecule has 1 aromatic rings. The predicted molar refractivity (Wildman–Crippen MR) is 89.7 cm³/mol. The van der Waals surface area contributed by atoms with E-state index in [0.29, 0.717) is 12.1 Å². The number of rotatable bonds is 10. The van der Waals surface area contributed by atoms with Gasteiger partial charge in [0.25, 0.3) is 0 Å². The second-order valence-corrected chi connectivity index (χ2v) is 5.72. The third kappa shape index (κ3) is 5.64. The maximum atomic E-state index is 9.02. The number of aliphatic hydroxyl groups is 1. The van der Waals surface area contributed by atoms with Crippen molar-refractivity contribution in [1.82, 2.24) is 10.3 Å².